The summed E-state index contributed by atoms with van der Waals surface area (Å²) in [6.45, 7) is 4.44. The van der Waals surface area contributed by atoms with Gasteiger partial charge in [-0.15, -0.1) is 0 Å². The summed E-state index contributed by atoms with van der Waals surface area (Å²) in [5.41, 5.74) is 4.26. The molecule has 1 heterocycles. The summed E-state index contributed by atoms with van der Waals surface area (Å²) >= 11 is 0. The molecule has 1 amide bonds. The maximum atomic E-state index is 15.2. The number of para-hydroxylation sites is 3. The zero-order chi connectivity index (χ0) is 31.6. The molecule has 2 N–H and O–H groups in total. The minimum absolute atomic E-state index is 0.00921. The van der Waals surface area contributed by atoms with Crippen LogP contribution in [0.5, 0.6) is 17.2 Å². The number of nitrogens with zero attached hydrogens (tertiary/aromatic N) is 1. The third-order valence-corrected chi connectivity index (χ3v) is 8.21. The number of allylic oxidation sites excluding steroid dienone is 1. The Kier molecular flexibility index (Phi) is 8.30. The Balaban J connectivity index is 1.42. The van der Waals surface area contributed by atoms with E-state index >= 15 is 4.39 Å². The number of amides is 1. The van der Waals surface area contributed by atoms with Crippen LogP contribution in [0.25, 0.3) is 0 Å². The van der Waals surface area contributed by atoms with Gasteiger partial charge in [-0.2, -0.15) is 0 Å². The number of methoxy groups -OCH3 is 1. The van der Waals surface area contributed by atoms with E-state index in [-0.39, 0.29) is 29.4 Å². The van der Waals surface area contributed by atoms with Crippen LogP contribution >= 0.6 is 0 Å². The zero-order valence-corrected chi connectivity index (χ0v) is 25.6. The number of ether oxygens (including phenoxy) is 2. The van der Waals surface area contributed by atoms with Gasteiger partial charge in [0.15, 0.2) is 17.3 Å². The molecule has 0 aromatic heterocycles. The number of Topliss-reactive ketones (excluding diaryl/α,β-unsaturated/α-hetero) is 1. The second kappa shape index (κ2) is 12.5. The molecule has 4 aromatic rings. The number of carbonyl (C=O) groups excluding carboxylic acids is 2. The predicted octanol–water partition coefficient (Wildman–Crippen LogP) is 7.56. The van der Waals surface area contributed by atoms with E-state index in [2.05, 4.69) is 24.5 Å². The van der Waals surface area contributed by atoms with E-state index < -0.39 is 11.9 Å². The van der Waals surface area contributed by atoms with E-state index in [0.717, 1.165) is 28.4 Å². The molecule has 1 unspecified atom stereocenters. The van der Waals surface area contributed by atoms with Crippen LogP contribution in [-0.2, 0) is 16.1 Å². The van der Waals surface area contributed by atoms with Crippen molar-refractivity contribution < 1.29 is 23.5 Å². The van der Waals surface area contributed by atoms with Gasteiger partial charge >= 0.3 is 0 Å². The van der Waals surface area contributed by atoms with Crippen LogP contribution in [0.3, 0.4) is 0 Å². The lowest BCUT2D eigenvalue weighted by Crippen LogP contribution is -2.41. The van der Waals surface area contributed by atoms with Crippen molar-refractivity contribution in [2.45, 2.75) is 39.3 Å². The molecule has 0 spiro atoms. The maximum absolute atomic E-state index is 15.2. The van der Waals surface area contributed by atoms with Crippen LogP contribution in [0.1, 0.15) is 43.9 Å². The van der Waals surface area contributed by atoms with Crippen molar-refractivity contribution in [1.29, 1.82) is 0 Å². The molecule has 0 bridgehead atoms. The van der Waals surface area contributed by atoms with E-state index in [1.54, 1.807) is 31.4 Å². The first-order valence-electron chi connectivity index (χ1n) is 15.0. The number of carbonyl (C=O) groups is 2. The van der Waals surface area contributed by atoms with Gasteiger partial charge in [0.2, 0.25) is 5.91 Å². The van der Waals surface area contributed by atoms with Gasteiger partial charge < -0.3 is 25.0 Å². The first kappa shape index (κ1) is 29.9. The lowest BCUT2D eigenvalue weighted by molar-refractivity contribution is -0.120. The van der Waals surface area contributed by atoms with E-state index in [1.165, 1.54) is 6.07 Å². The minimum atomic E-state index is -0.676. The topological polar surface area (TPSA) is 79.9 Å². The Morgan fingerprint density at radius 2 is 1.69 bits per heavy atom. The van der Waals surface area contributed by atoms with Gasteiger partial charge in [-0.1, -0.05) is 62.4 Å². The molecule has 0 fully saturated rings. The van der Waals surface area contributed by atoms with Gasteiger partial charge in [-0.25, -0.2) is 4.39 Å². The summed E-state index contributed by atoms with van der Waals surface area (Å²) in [4.78, 5) is 29.6. The van der Waals surface area contributed by atoms with Crippen LogP contribution in [0.15, 0.2) is 108 Å². The zero-order valence-electron chi connectivity index (χ0n) is 25.6. The van der Waals surface area contributed by atoms with Gasteiger partial charge in [0.25, 0.3) is 0 Å². The first-order chi connectivity index (χ1) is 21.7. The number of ketones is 1. The van der Waals surface area contributed by atoms with Crippen LogP contribution in [-0.4, -0.2) is 25.3 Å². The highest BCUT2D eigenvalue weighted by Crippen LogP contribution is 2.48. The molecule has 6 rings (SSSR count). The number of nitrogens with one attached hydrogen (secondary N) is 2. The molecule has 2 aliphatic rings. The minimum Gasteiger partial charge on any atom is -0.497 e. The Morgan fingerprint density at radius 1 is 0.956 bits per heavy atom. The fourth-order valence-corrected chi connectivity index (χ4v) is 6.11. The molecule has 0 saturated carbocycles. The van der Waals surface area contributed by atoms with Gasteiger partial charge in [0.1, 0.15) is 11.5 Å². The second-order valence-corrected chi connectivity index (χ2v) is 12.2. The highest BCUT2D eigenvalue weighted by Gasteiger charge is 2.42. The predicted molar refractivity (Wildman–Crippen MR) is 173 cm³/mol. The average molecular weight is 606 g/mol. The summed E-state index contributed by atoms with van der Waals surface area (Å²) in [5.74, 6) is 0.515. The number of fused-ring (bicyclic) bond motifs is 1. The van der Waals surface area contributed by atoms with Gasteiger partial charge in [-0.3, -0.25) is 9.59 Å². The molecule has 8 heteroatoms. The summed E-state index contributed by atoms with van der Waals surface area (Å²) in [6, 6.07) is 28.2. The molecule has 45 heavy (non-hydrogen) atoms. The van der Waals surface area contributed by atoms with Crippen molar-refractivity contribution in [3.8, 4) is 17.2 Å². The van der Waals surface area contributed by atoms with Gasteiger partial charge in [0, 0.05) is 24.2 Å². The van der Waals surface area contributed by atoms with Crippen LogP contribution < -0.4 is 25.0 Å². The fourth-order valence-electron chi connectivity index (χ4n) is 6.11. The smallest absolute Gasteiger partial charge is 0.239 e. The van der Waals surface area contributed by atoms with Crippen molar-refractivity contribution in [1.82, 2.24) is 5.32 Å². The van der Waals surface area contributed by atoms with Crippen molar-refractivity contribution >= 4 is 23.1 Å². The molecule has 7 nitrogen and oxygen atoms in total. The standard InChI is InChI=1S/C37H36FN3O4/c1-37(2)20-30-35(32(42)21-37)36(25-15-18-28(38)33(19-25)45-27-9-5-4-6-10-27)41(31-12-8-7-11-29(31)40-30)23-34(43)39-22-24-13-16-26(44-3)17-14-24/h4-19,36,40H,20-23H2,1-3H3,(H,39,43). The Labute approximate surface area is 262 Å². The summed E-state index contributed by atoms with van der Waals surface area (Å²) in [7, 11) is 1.61. The number of hydrogen-bond donors (Lipinski definition) is 2. The highest BCUT2D eigenvalue weighted by atomic mass is 19.1. The SMILES string of the molecule is COc1ccc(CNC(=O)CN2c3ccccc3NC3=C(C(=O)CC(C)(C)C3)C2c2ccc(F)c(Oc3ccccc3)c2)cc1. The number of anilines is 2. The first-order valence-corrected chi connectivity index (χ1v) is 15.0. The molecule has 1 aliphatic carbocycles. The largest absolute Gasteiger partial charge is 0.497 e. The van der Waals surface area contributed by atoms with E-state index in [4.69, 9.17) is 9.47 Å². The van der Waals surface area contributed by atoms with E-state index in [9.17, 15) is 9.59 Å². The number of rotatable bonds is 8. The van der Waals surface area contributed by atoms with Crippen LogP contribution in [0, 0.1) is 11.2 Å². The van der Waals surface area contributed by atoms with Crippen molar-refractivity contribution in [3.63, 3.8) is 0 Å². The van der Waals surface area contributed by atoms with Crippen molar-refractivity contribution in [2.75, 3.05) is 23.9 Å². The average Bonchev–Trinajstić information content (AvgIpc) is 3.15. The molecule has 0 saturated heterocycles. The molecule has 0 radical (unpaired) electrons. The Hall–Kier alpha value is -5.11. The molecular weight excluding hydrogens is 569 g/mol. The molecular formula is C37H36FN3O4. The molecule has 4 aromatic carbocycles. The Morgan fingerprint density at radius 3 is 2.44 bits per heavy atom. The van der Waals surface area contributed by atoms with Gasteiger partial charge in [-0.05, 0) is 71.5 Å². The lowest BCUT2D eigenvalue weighted by Gasteiger charge is -2.38. The number of benzene rings is 4. The van der Waals surface area contributed by atoms with Gasteiger partial charge in [0.05, 0.1) is 31.1 Å². The number of halogens is 1. The normalized spacial score (nSPS) is 17.0. The Bertz CT molecular complexity index is 1750. The van der Waals surface area contributed by atoms with E-state index in [1.807, 2.05) is 71.6 Å². The summed E-state index contributed by atoms with van der Waals surface area (Å²) < 4.78 is 26.4. The van der Waals surface area contributed by atoms with Crippen LogP contribution in [0.4, 0.5) is 15.8 Å². The lowest BCUT2D eigenvalue weighted by atomic mass is 9.73. The number of hydrogen-bond acceptors (Lipinski definition) is 6. The fraction of sp³-hybridized carbons (Fsp3) is 0.243. The van der Waals surface area contributed by atoms with Crippen LogP contribution in [0.2, 0.25) is 0 Å². The molecule has 1 atom stereocenters. The molecule has 230 valence electrons. The summed E-state index contributed by atoms with van der Waals surface area (Å²) in [6.07, 6.45) is 0.997. The second-order valence-electron chi connectivity index (χ2n) is 12.2. The molecule has 1 aliphatic heterocycles. The summed E-state index contributed by atoms with van der Waals surface area (Å²) in [5, 5.41) is 6.58. The third-order valence-electron chi connectivity index (χ3n) is 8.21. The quantitative estimate of drug-likeness (QED) is 0.216. The highest BCUT2D eigenvalue weighted by molar-refractivity contribution is 6.02. The van der Waals surface area contributed by atoms with Crippen molar-refractivity contribution in [2.24, 2.45) is 5.41 Å². The maximum Gasteiger partial charge on any atom is 0.239 e. The third kappa shape index (κ3) is 6.55. The monoisotopic (exact) mass is 605 g/mol. The van der Waals surface area contributed by atoms with Crippen molar-refractivity contribution in [3.05, 3.63) is 125 Å². The van der Waals surface area contributed by atoms with E-state index in [0.29, 0.717) is 36.3 Å².